The summed E-state index contributed by atoms with van der Waals surface area (Å²) in [5, 5.41) is 8.78. The topological polar surface area (TPSA) is 59.2 Å². The lowest BCUT2D eigenvalue weighted by Gasteiger charge is -1.88. The minimum atomic E-state index is -0.110. The molecule has 0 amide bonds. The lowest BCUT2D eigenvalue weighted by molar-refractivity contribution is 0.276. The van der Waals surface area contributed by atoms with Crippen molar-refractivity contribution < 1.29 is 9.52 Å². The molecule has 4 nitrogen and oxygen atoms in total. The molecule has 0 radical (unpaired) electrons. The molecule has 0 atom stereocenters. The zero-order valence-electron chi connectivity index (χ0n) is 8.00. The second-order valence-corrected chi connectivity index (χ2v) is 2.92. The molecule has 1 N–H and O–H groups in total. The van der Waals surface area contributed by atoms with E-state index >= 15 is 0 Å². The highest BCUT2D eigenvalue weighted by Crippen LogP contribution is 2.06. The molecular formula is C11H10N2O2. The van der Waals surface area contributed by atoms with Crippen LogP contribution in [0.25, 0.3) is 12.2 Å². The third-order valence-corrected chi connectivity index (χ3v) is 1.82. The Morgan fingerprint density at radius 2 is 2.27 bits per heavy atom. The molecule has 2 rings (SSSR count). The van der Waals surface area contributed by atoms with Crippen LogP contribution in [0, 0.1) is 0 Å². The number of hydrogen-bond acceptors (Lipinski definition) is 4. The highest BCUT2D eigenvalue weighted by Gasteiger charge is 1.98. The summed E-state index contributed by atoms with van der Waals surface area (Å²) in [7, 11) is 0. The van der Waals surface area contributed by atoms with Crippen LogP contribution in [-0.2, 0) is 6.61 Å². The maximum atomic E-state index is 8.78. The van der Waals surface area contributed by atoms with E-state index in [1.165, 1.54) is 6.26 Å². The van der Waals surface area contributed by atoms with Crippen LogP contribution in [0.3, 0.4) is 0 Å². The molecule has 0 fully saturated rings. The Labute approximate surface area is 86.9 Å². The Bertz CT molecular complexity index is 449. The van der Waals surface area contributed by atoms with Crippen LogP contribution in [0.1, 0.15) is 17.3 Å². The Hall–Kier alpha value is -1.94. The molecule has 0 saturated heterocycles. The summed E-state index contributed by atoms with van der Waals surface area (Å²) >= 11 is 0. The summed E-state index contributed by atoms with van der Waals surface area (Å²) in [6.07, 6.45) is 6.65. The van der Waals surface area contributed by atoms with Gasteiger partial charge in [0.2, 0.25) is 5.89 Å². The van der Waals surface area contributed by atoms with Gasteiger partial charge in [-0.3, -0.25) is 4.98 Å². The number of oxazole rings is 1. The van der Waals surface area contributed by atoms with Crippen molar-refractivity contribution in [3.8, 4) is 0 Å². The number of hydrogen-bond donors (Lipinski definition) is 1. The van der Waals surface area contributed by atoms with Gasteiger partial charge in [-0.25, -0.2) is 4.98 Å². The molecule has 0 bridgehead atoms. The SMILES string of the molecule is OCc1coc(C=Cc2ccccn2)n1. The first-order chi connectivity index (χ1) is 7.38. The van der Waals surface area contributed by atoms with Gasteiger partial charge in [0.1, 0.15) is 12.0 Å². The van der Waals surface area contributed by atoms with E-state index in [9.17, 15) is 0 Å². The summed E-state index contributed by atoms with van der Waals surface area (Å²) in [6, 6.07) is 5.64. The lowest BCUT2D eigenvalue weighted by Crippen LogP contribution is -1.81. The third-order valence-electron chi connectivity index (χ3n) is 1.82. The van der Waals surface area contributed by atoms with Gasteiger partial charge in [0.05, 0.1) is 12.3 Å². The molecule has 2 heterocycles. The summed E-state index contributed by atoms with van der Waals surface area (Å²) in [6.45, 7) is -0.110. The molecule has 2 aromatic heterocycles. The summed E-state index contributed by atoms with van der Waals surface area (Å²) in [5.74, 6) is 0.463. The van der Waals surface area contributed by atoms with E-state index < -0.39 is 0 Å². The van der Waals surface area contributed by atoms with Gasteiger partial charge in [-0.2, -0.15) is 0 Å². The van der Waals surface area contributed by atoms with E-state index in [1.807, 2.05) is 18.2 Å². The average molecular weight is 202 g/mol. The van der Waals surface area contributed by atoms with E-state index in [1.54, 1.807) is 18.3 Å². The Morgan fingerprint density at radius 1 is 1.33 bits per heavy atom. The lowest BCUT2D eigenvalue weighted by atomic mass is 10.3. The first-order valence-electron chi connectivity index (χ1n) is 4.53. The van der Waals surface area contributed by atoms with Crippen molar-refractivity contribution >= 4 is 12.2 Å². The van der Waals surface area contributed by atoms with Crippen molar-refractivity contribution in [1.82, 2.24) is 9.97 Å². The zero-order valence-corrected chi connectivity index (χ0v) is 8.00. The molecule has 0 aromatic carbocycles. The minimum Gasteiger partial charge on any atom is -0.445 e. The first-order valence-corrected chi connectivity index (χ1v) is 4.53. The molecule has 0 spiro atoms. The van der Waals surface area contributed by atoms with Crippen molar-refractivity contribution in [2.45, 2.75) is 6.61 Å². The molecule has 76 valence electrons. The van der Waals surface area contributed by atoms with Crippen LogP contribution in [0.15, 0.2) is 35.1 Å². The standard InChI is InChI=1S/C11H10N2O2/c14-7-10-8-15-11(13-10)5-4-9-3-1-2-6-12-9/h1-6,8,14H,7H2. The summed E-state index contributed by atoms with van der Waals surface area (Å²) in [4.78, 5) is 8.13. The smallest absolute Gasteiger partial charge is 0.218 e. The molecular weight excluding hydrogens is 192 g/mol. The maximum absolute atomic E-state index is 8.78. The first kappa shape index (κ1) is 9.61. The highest BCUT2D eigenvalue weighted by molar-refractivity contribution is 5.63. The molecule has 4 heteroatoms. The van der Waals surface area contributed by atoms with Gasteiger partial charge < -0.3 is 9.52 Å². The molecule has 0 aliphatic rings. The van der Waals surface area contributed by atoms with Crippen LogP contribution in [0.2, 0.25) is 0 Å². The number of rotatable bonds is 3. The van der Waals surface area contributed by atoms with Crippen LogP contribution in [0.4, 0.5) is 0 Å². The minimum absolute atomic E-state index is 0.110. The maximum Gasteiger partial charge on any atom is 0.218 e. The van der Waals surface area contributed by atoms with Crippen LogP contribution in [-0.4, -0.2) is 15.1 Å². The van der Waals surface area contributed by atoms with Crippen molar-refractivity contribution in [2.24, 2.45) is 0 Å². The number of aliphatic hydroxyl groups is 1. The molecule has 0 aliphatic heterocycles. The van der Waals surface area contributed by atoms with E-state index in [-0.39, 0.29) is 6.61 Å². The molecule has 2 aromatic rings. The summed E-state index contributed by atoms with van der Waals surface area (Å²) < 4.78 is 5.09. The van der Waals surface area contributed by atoms with E-state index in [0.717, 1.165) is 5.69 Å². The molecule has 0 unspecified atom stereocenters. The number of pyridine rings is 1. The van der Waals surface area contributed by atoms with Crippen LogP contribution < -0.4 is 0 Å². The van der Waals surface area contributed by atoms with Gasteiger partial charge in [0, 0.05) is 12.3 Å². The van der Waals surface area contributed by atoms with Crippen LogP contribution >= 0.6 is 0 Å². The van der Waals surface area contributed by atoms with Crippen molar-refractivity contribution in [2.75, 3.05) is 0 Å². The second kappa shape index (κ2) is 4.52. The number of aromatic nitrogens is 2. The van der Waals surface area contributed by atoms with Gasteiger partial charge in [0.25, 0.3) is 0 Å². The largest absolute Gasteiger partial charge is 0.445 e. The van der Waals surface area contributed by atoms with Gasteiger partial charge in [-0.1, -0.05) is 6.07 Å². The molecule has 0 saturated carbocycles. The van der Waals surface area contributed by atoms with Crippen LogP contribution in [0.5, 0.6) is 0 Å². The van der Waals surface area contributed by atoms with Gasteiger partial charge >= 0.3 is 0 Å². The van der Waals surface area contributed by atoms with E-state index in [2.05, 4.69) is 9.97 Å². The molecule has 15 heavy (non-hydrogen) atoms. The predicted octanol–water partition coefficient (Wildman–Crippen LogP) is 1.73. The van der Waals surface area contributed by atoms with Gasteiger partial charge in [-0.05, 0) is 18.2 Å². The third kappa shape index (κ3) is 2.51. The fourth-order valence-corrected chi connectivity index (χ4v) is 1.10. The Balaban J connectivity index is 2.11. The van der Waals surface area contributed by atoms with Gasteiger partial charge in [0.15, 0.2) is 0 Å². The van der Waals surface area contributed by atoms with E-state index in [4.69, 9.17) is 9.52 Å². The normalized spacial score (nSPS) is 11.0. The fourth-order valence-electron chi connectivity index (χ4n) is 1.10. The zero-order chi connectivity index (χ0) is 10.5. The van der Waals surface area contributed by atoms with Crippen molar-refractivity contribution in [3.63, 3.8) is 0 Å². The predicted molar refractivity (Wildman–Crippen MR) is 55.6 cm³/mol. The number of aliphatic hydroxyl groups excluding tert-OH is 1. The second-order valence-electron chi connectivity index (χ2n) is 2.92. The monoisotopic (exact) mass is 202 g/mol. The highest BCUT2D eigenvalue weighted by atomic mass is 16.3. The quantitative estimate of drug-likeness (QED) is 0.823. The molecule has 0 aliphatic carbocycles. The number of nitrogens with zero attached hydrogens (tertiary/aromatic N) is 2. The van der Waals surface area contributed by atoms with E-state index in [0.29, 0.717) is 11.6 Å². The van der Waals surface area contributed by atoms with Crippen molar-refractivity contribution in [3.05, 3.63) is 47.9 Å². The Kier molecular flexibility index (Phi) is 2.90. The Morgan fingerprint density at radius 3 is 2.93 bits per heavy atom. The fraction of sp³-hybridized carbons (Fsp3) is 0.0909. The van der Waals surface area contributed by atoms with Gasteiger partial charge in [-0.15, -0.1) is 0 Å². The average Bonchev–Trinajstić information content (AvgIpc) is 2.76. The van der Waals surface area contributed by atoms with Crippen molar-refractivity contribution in [1.29, 1.82) is 0 Å². The summed E-state index contributed by atoms with van der Waals surface area (Å²) in [5.41, 5.74) is 1.36.